The molecule has 0 aromatic heterocycles. The number of aryl methyl sites for hydroxylation is 1. The van der Waals surface area contributed by atoms with Gasteiger partial charge in [0.15, 0.2) is 0 Å². The lowest BCUT2D eigenvalue weighted by Gasteiger charge is -2.33. The summed E-state index contributed by atoms with van der Waals surface area (Å²) in [6.07, 6.45) is 4.61. The fourth-order valence-electron chi connectivity index (χ4n) is 4.44. The summed E-state index contributed by atoms with van der Waals surface area (Å²) in [6.45, 7) is 3.79. The Morgan fingerprint density at radius 1 is 1.33 bits per heavy atom. The van der Waals surface area contributed by atoms with E-state index in [2.05, 4.69) is 15.2 Å². The average Bonchev–Trinajstić information content (AvgIpc) is 3.38. The van der Waals surface area contributed by atoms with Crippen molar-refractivity contribution in [2.75, 3.05) is 19.7 Å². The molecule has 3 unspecified atom stereocenters. The first-order valence-corrected chi connectivity index (χ1v) is 9.50. The number of carbonyl (C=O) groups excluding carboxylic acids is 1. The molecule has 0 saturated carbocycles. The Labute approximate surface area is 156 Å². The van der Waals surface area contributed by atoms with E-state index in [0.717, 1.165) is 48.1 Å². The number of halogens is 1. The van der Waals surface area contributed by atoms with Gasteiger partial charge in [-0.05, 0) is 43.5 Å². The van der Waals surface area contributed by atoms with Crippen molar-refractivity contribution >= 4 is 23.4 Å². The lowest BCUT2D eigenvalue weighted by atomic mass is 9.88. The third-order valence-corrected chi connectivity index (χ3v) is 5.85. The van der Waals surface area contributed by atoms with Crippen LogP contribution < -0.4 is 10.6 Å². The summed E-state index contributed by atoms with van der Waals surface area (Å²) in [5.74, 6) is -0.295. The van der Waals surface area contributed by atoms with E-state index in [4.69, 9.17) is 4.74 Å². The van der Waals surface area contributed by atoms with Crippen molar-refractivity contribution in [3.05, 3.63) is 34.1 Å². The van der Waals surface area contributed by atoms with Gasteiger partial charge in [0.25, 0.3) is 5.91 Å². The van der Waals surface area contributed by atoms with Gasteiger partial charge in [0.1, 0.15) is 11.9 Å². The molecule has 1 aromatic carbocycles. The van der Waals surface area contributed by atoms with Crippen molar-refractivity contribution in [3.8, 4) is 0 Å². The number of ether oxygens (including phenoxy) is 1. The first-order chi connectivity index (χ1) is 13.1. The summed E-state index contributed by atoms with van der Waals surface area (Å²) in [7, 11) is 0. The van der Waals surface area contributed by atoms with Crippen molar-refractivity contribution in [2.45, 2.75) is 38.3 Å². The van der Waals surface area contributed by atoms with Crippen molar-refractivity contribution in [1.82, 2.24) is 4.90 Å². The number of piperidine rings is 1. The van der Waals surface area contributed by atoms with Gasteiger partial charge >= 0.3 is 0 Å². The SMILES string of the molecule is Cc1cc(F)cc2c1=CC(C(=O)N1CCC3=NN=C(C4CCCO4)C3C1)N=2. The second-order valence-corrected chi connectivity index (χ2v) is 7.60. The Hall–Kier alpha value is -2.41. The molecule has 140 valence electrons. The number of hydrogen-bond donors (Lipinski definition) is 0. The van der Waals surface area contributed by atoms with Crippen LogP contribution in [0, 0.1) is 18.7 Å². The fraction of sp³-hybridized carbons (Fsp3) is 0.500. The summed E-state index contributed by atoms with van der Waals surface area (Å²) in [4.78, 5) is 19.4. The highest BCUT2D eigenvalue weighted by Crippen LogP contribution is 2.28. The quantitative estimate of drug-likeness (QED) is 0.773. The third-order valence-electron chi connectivity index (χ3n) is 5.85. The average molecular weight is 368 g/mol. The maximum absolute atomic E-state index is 13.6. The zero-order chi connectivity index (χ0) is 18.5. The molecule has 27 heavy (non-hydrogen) atoms. The minimum Gasteiger partial charge on any atom is -0.372 e. The van der Waals surface area contributed by atoms with Crippen LogP contribution in [-0.4, -0.2) is 54.1 Å². The topological polar surface area (TPSA) is 66.6 Å². The van der Waals surface area contributed by atoms with E-state index < -0.39 is 6.04 Å². The minimum absolute atomic E-state index is 0.0314. The van der Waals surface area contributed by atoms with Crippen molar-refractivity contribution in [2.24, 2.45) is 21.1 Å². The molecule has 4 heterocycles. The Morgan fingerprint density at radius 2 is 2.22 bits per heavy atom. The number of carbonyl (C=O) groups is 1. The van der Waals surface area contributed by atoms with Crippen molar-refractivity contribution in [3.63, 3.8) is 0 Å². The van der Waals surface area contributed by atoms with Crippen LogP contribution in [0.25, 0.3) is 6.08 Å². The Balaban J connectivity index is 1.36. The predicted molar refractivity (Wildman–Crippen MR) is 98.7 cm³/mol. The lowest BCUT2D eigenvalue weighted by molar-refractivity contribution is -0.131. The number of amides is 1. The number of benzene rings is 1. The van der Waals surface area contributed by atoms with Gasteiger partial charge in [-0.2, -0.15) is 10.2 Å². The van der Waals surface area contributed by atoms with E-state index in [0.29, 0.717) is 18.4 Å². The number of nitrogens with zero attached hydrogens (tertiary/aromatic N) is 4. The molecule has 0 spiro atoms. The second kappa shape index (κ2) is 6.34. The van der Waals surface area contributed by atoms with Gasteiger partial charge in [0, 0.05) is 31.3 Å². The fourth-order valence-corrected chi connectivity index (χ4v) is 4.44. The van der Waals surface area contributed by atoms with Gasteiger partial charge in [-0.25, -0.2) is 4.39 Å². The highest BCUT2D eigenvalue weighted by atomic mass is 19.1. The Kier molecular flexibility index (Phi) is 3.93. The van der Waals surface area contributed by atoms with Crippen LogP contribution in [0.1, 0.15) is 24.8 Å². The molecule has 0 bridgehead atoms. The maximum Gasteiger partial charge on any atom is 0.251 e. The summed E-state index contributed by atoms with van der Waals surface area (Å²) in [6, 6.07) is 2.29. The van der Waals surface area contributed by atoms with Crippen LogP contribution in [0.5, 0.6) is 0 Å². The van der Waals surface area contributed by atoms with Crippen LogP contribution in [0.4, 0.5) is 4.39 Å². The molecule has 3 atom stereocenters. The molecule has 1 amide bonds. The van der Waals surface area contributed by atoms with Crippen LogP contribution in [0.15, 0.2) is 27.3 Å². The summed E-state index contributed by atoms with van der Waals surface area (Å²) >= 11 is 0. The smallest absolute Gasteiger partial charge is 0.251 e. The van der Waals surface area contributed by atoms with Gasteiger partial charge < -0.3 is 9.64 Å². The Bertz CT molecular complexity index is 994. The highest BCUT2D eigenvalue weighted by Gasteiger charge is 2.40. The van der Waals surface area contributed by atoms with E-state index in [9.17, 15) is 9.18 Å². The largest absolute Gasteiger partial charge is 0.372 e. The molecule has 0 radical (unpaired) electrons. The normalized spacial score (nSPS) is 28.8. The van der Waals surface area contributed by atoms with Gasteiger partial charge in [-0.1, -0.05) is 0 Å². The molecule has 0 aliphatic carbocycles. The first-order valence-electron chi connectivity index (χ1n) is 9.50. The van der Waals surface area contributed by atoms with Crippen molar-refractivity contribution < 1.29 is 13.9 Å². The number of likely N-dealkylation sites (tertiary alicyclic amines) is 1. The molecular formula is C20H21FN4O2. The molecule has 4 aliphatic heterocycles. The summed E-state index contributed by atoms with van der Waals surface area (Å²) in [5.41, 5.74) is 2.83. The molecular weight excluding hydrogens is 347 g/mol. The standard InChI is InChI=1S/C20H21FN4O2/c1-11-7-12(21)8-16-13(11)9-17(22-16)20(26)25-5-4-15-14(10-25)19(24-23-15)18-3-2-6-27-18/h7-9,14,17-18H,2-6,10H2,1H3. The molecule has 0 N–H and O–H groups in total. The highest BCUT2D eigenvalue weighted by molar-refractivity contribution is 6.13. The van der Waals surface area contributed by atoms with Crippen LogP contribution in [-0.2, 0) is 9.53 Å². The van der Waals surface area contributed by atoms with Gasteiger partial charge in [-0.15, -0.1) is 0 Å². The van der Waals surface area contributed by atoms with E-state index in [-0.39, 0.29) is 23.7 Å². The van der Waals surface area contributed by atoms with Crippen LogP contribution in [0.3, 0.4) is 0 Å². The predicted octanol–water partition coefficient (Wildman–Crippen LogP) is 0.755. The third kappa shape index (κ3) is 2.81. The van der Waals surface area contributed by atoms with Gasteiger partial charge in [0.05, 0.1) is 28.8 Å². The summed E-state index contributed by atoms with van der Waals surface area (Å²) in [5, 5.41) is 10.1. The van der Waals surface area contributed by atoms with Gasteiger partial charge in [-0.3, -0.25) is 9.79 Å². The zero-order valence-electron chi connectivity index (χ0n) is 15.2. The molecule has 1 aromatic rings. The molecule has 2 fully saturated rings. The van der Waals surface area contributed by atoms with E-state index in [1.807, 2.05) is 17.9 Å². The monoisotopic (exact) mass is 368 g/mol. The zero-order valence-corrected chi connectivity index (χ0v) is 15.2. The van der Waals surface area contributed by atoms with E-state index in [1.165, 1.54) is 12.1 Å². The van der Waals surface area contributed by atoms with Crippen LogP contribution in [0.2, 0.25) is 0 Å². The van der Waals surface area contributed by atoms with Crippen LogP contribution >= 0.6 is 0 Å². The number of rotatable bonds is 2. The van der Waals surface area contributed by atoms with Gasteiger partial charge in [0.2, 0.25) is 0 Å². The number of fused-ring (bicyclic) bond motifs is 2. The molecule has 5 rings (SSSR count). The lowest BCUT2D eigenvalue weighted by Crippen LogP contribution is -2.49. The number of hydrogen-bond acceptors (Lipinski definition) is 5. The Morgan fingerprint density at radius 3 is 3.04 bits per heavy atom. The molecule has 2 saturated heterocycles. The molecule has 7 heteroatoms. The molecule has 6 nitrogen and oxygen atoms in total. The minimum atomic E-state index is -0.580. The first kappa shape index (κ1) is 16.7. The maximum atomic E-state index is 13.6. The second-order valence-electron chi connectivity index (χ2n) is 7.60. The van der Waals surface area contributed by atoms with Crippen molar-refractivity contribution in [1.29, 1.82) is 0 Å². The molecule has 4 aliphatic rings. The van der Waals surface area contributed by atoms with E-state index in [1.54, 1.807) is 0 Å². The van der Waals surface area contributed by atoms with E-state index >= 15 is 0 Å². The summed E-state index contributed by atoms with van der Waals surface area (Å²) < 4.78 is 19.4.